The Hall–Kier alpha value is -1.61. The number of fused-ring (bicyclic) bond motifs is 1. The second-order valence-electron chi connectivity index (χ2n) is 3.73. The first kappa shape index (κ1) is 11.9. The number of rotatable bonds is 2. The number of thiol groups is 1. The number of aliphatic imine (C=N–C) groups is 1. The van der Waals surface area contributed by atoms with Crippen LogP contribution in [-0.4, -0.2) is 11.2 Å². The van der Waals surface area contributed by atoms with Gasteiger partial charge in [-0.15, -0.1) is 12.6 Å². The van der Waals surface area contributed by atoms with Crippen LogP contribution in [0.1, 0.15) is 18.1 Å². The van der Waals surface area contributed by atoms with Crippen LogP contribution in [0.3, 0.4) is 0 Å². The largest absolute Gasteiger partial charge is 0.259 e. The summed E-state index contributed by atoms with van der Waals surface area (Å²) in [5.74, 6) is 0. The molecular formula is C14H14N2S. The number of nitrogens with zero attached hydrogens (tertiary/aromatic N) is 2. The summed E-state index contributed by atoms with van der Waals surface area (Å²) >= 11 is 4.56. The Morgan fingerprint density at radius 2 is 2.24 bits per heavy atom. The highest BCUT2D eigenvalue weighted by molar-refractivity contribution is 7.80. The summed E-state index contributed by atoms with van der Waals surface area (Å²) in [6.45, 7) is 7.76. The summed E-state index contributed by atoms with van der Waals surface area (Å²) in [6.07, 6.45) is 5.33. The van der Waals surface area contributed by atoms with Gasteiger partial charge in [-0.05, 0) is 25.5 Å². The zero-order valence-electron chi connectivity index (χ0n) is 9.94. The average Bonchev–Trinajstić information content (AvgIpc) is 2.36. The Morgan fingerprint density at radius 3 is 2.88 bits per heavy atom. The zero-order chi connectivity index (χ0) is 12.4. The minimum Gasteiger partial charge on any atom is -0.259 e. The topological polar surface area (TPSA) is 25.2 Å². The highest BCUT2D eigenvalue weighted by Gasteiger charge is 2.12. The Bertz CT molecular complexity index is 615. The molecule has 0 aliphatic rings. The van der Waals surface area contributed by atoms with E-state index < -0.39 is 0 Å². The van der Waals surface area contributed by atoms with Crippen LogP contribution in [0, 0.1) is 6.92 Å². The number of benzene rings is 1. The fraction of sp³-hybridized carbons (Fsp3) is 0.143. The maximum absolute atomic E-state index is 4.56. The van der Waals surface area contributed by atoms with Crippen LogP contribution in [0.2, 0.25) is 0 Å². The maximum Gasteiger partial charge on any atom is 0.0971 e. The molecule has 2 aromatic rings. The van der Waals surface area contributed by atoms with E-state index in [1.54, 1.807) is 18.5 Å². The van der Waals surface area contributed by atoms with Crippen LogP contribution in [0.4, 0.5) is 5.69 Å². The minimum atomic E-state index is 0.841. The van der Waals surface area contributed by atoms with E-state index in [2.05, 4.69) is 29.2 Å². The molecule has 0 unspecified atom stereocenters. The van der Waals surface area contributed by atoms with Gasteiger partial charge in [0.1, 0.15) is 0 Å². The second-order valence-corrected chi connectivity index (χ2v) is 4.17. The molecule has 0 saturated heterocycles. The molecule has 2 rings (SSSR count). The van der Waals surface area contributed by atoms with Crippen molar-refractivity contribution in [2.45, 2.75) is 18.7 Å². The predicted molar refractivity (Wildman–Crippen MR) is 77.6 cm³/mol. The monoisotopic (exact) mass is 242 g/mol. The summed E-state index contributed by atoms with van der Waals surface area (Å²) in [7, 11) is 0. The molecular weight excluding hydrogens is 228 g/mol. The average molecular weight is 242 g/mol. The summed E-state index contributed by atoms with van der Waals surface area (Å²) in [6, 6.07) is 3.97. The van der Waals surface area contributed by atoms with Crippen molar-refractivity contribution < 1.29 is 0 Å². The fourth-order valence-corrected chi connectivity index (χ4v) is 2.24. The van der Waals surface area contributed by atoms with Crippen molar-refractivity contribution in [3.8, 4) is 0 Å². The predicted octanol–water partition coefficient (Wildman–Crippen LogP) is 4.20. The summed E-state index contributed by atoms with van der Waals surface area (Å²) in [4.78, 5) is 9.73. The maximum atomic E-state index is 4.56. The first-order valence-electron chi connectivity index (χ1n) is 5.42. The lowest BCUT2D eigenvalue weighted by Gasteiger charge is -2.12. The van der Waals surface area contributed by atoms with Crippen molar-refractivity contribution in [2.75, 3.05) is 0 Å². The summed E-state index contributed by atoms with van der Waals surface area (Å²) in [5.41, 5.74) is 3.79. The molecule has 17 heavy (non-hydrogen) atoms. The first-order chi connectivity index (χ1) is 8.20. The molecule has 0 aliphatic carbocycles. The van der Waals surface area contributed by atoms with Crippen LogP contribution in [0.5, 0.6) is 0 Å². The molecule has 0 saturated carbocycles. The highest BCUT2D eigenvalue weighted by Crippen LogP contribution is 2.37. The van der Waals surface area contributed by atoms with Gasteiger partial charge < -0.3 is 0 Å². The normalized spacial score (nSPS) is 11.2. The molecule has 0 aliphatic heterocycles. The Balaban J connectivity index is 3.01. The summed E-state index contributed by atoms with van der Waals surface area (Å²) in [5, 5.41) is 1.09. The van der Waals surface area contributed by atoms with E-state index in [1.807, 2.05) is 26.0 Å². The molecule has 0 amide bonds. The van der Waals surface area contributed by atoms with Gasteiger partial charge >= 0.3 is 0 Å². The van der Waals surface area contributed by atoms with Crippen molar-refractivity contribution >= 4 is 41.5 Å². The van der Waals surface area contributed by atoms with Crippen LogP contribution in [0.15, 0.2) is 34.8 Å². The third kappa shape index (κ3) is 1.87. The van der Waals surface area contributed by atoms with Crippen molar-refractivity contribution in [1.82, 2.24) is 4.98 Å². The number of hydrogen-bond donors (Lipinski definition) is 1. The molecule has 0 atom stereocenters. The van der Waals surface area contributed by atoms with Gasteiger partial charge in [-0.25, -0.2) is 0 Å². The zero-order valence-corrected chi connectivity index (χ0v) is 10.8. The summed E-state index contributed by atoms with van der Waals surface area (Å²) < 4.78 is 0. The van der Waals surface area contributed by atoms with E-state index in [-0.39, 0.29) is 0 Å². The van der Waals surface area contributed by atoms with E-state index >= 15 is 0 Å². The lowest BCUT2D eigenvalue weighted by molar-refractivity contribution is 1.29. The van der Waals surface area contributed by atoms with Gasteiger partial charge in [0.25, 0.3) is 0 Å². The van der Waals surface area contributed by atoms with E-state index in [9.17, 15) is 0 Å². The standard InChI is InChI=1S/C14H14N2S/c1-4-10-12(15-5-2)13-11(7-6-8-16-13)9(3)14(10)17/h4-8,17H,1H2,2-3H3. The Labute approximate surface area is 107 Å². The quantitative estimate of drug-likeness (QED) is 0.619. The van der Waals surface area contributed by atoms with Crippen molar-refractivity contribution in [3.05, 3.63) is 36.0 Å². The lowest BCUT2D eigenvalue weighted by atomic mass is 10.0. The van der Waals surface area contributed by atoms with Crippen molar-refractivity contribution in [3.63, 3.8) is 0 Å². The van der Waals surface area contributed by atoms with Gasteiger partial charge in [0, 0.05) is 28.3 Å². The SMILES string of the molecule is C=Cc1c(S)c(C)c2cccnc2c1N=CC. The molecule has 86 valence electrons. The van der Waals surface area contributed by atoms with Gasteiger partial charge in [-0.1, -0.05) is 18.7 Å². The van der Waals surface area contributed by atoms with E-state index in [0.29, 0.717) is 0 Å². The molecule has 0 fully saturated rings. The molecule has 3 heteroatoms. The molecule has 2 nitrogen and oxygen atoms in total. The lowest BCUT2D eigenvalue weighted by Crippen LogP contribution is -1.90. The molecule has 1 heterocycles. The van der Waals surface area contributed by atoms with Crippen LogP contribution in [-0.2, 0) is 0 Å². The number of aromatic nitrogens is 1. The molecule has 1 aromatic carbocycles. The Kier molecular flexibility index (Phi) is 3.29. The van der Waals surface area contributed by atoms with Gasteiger partial charge in [0.15, 0.2) is 0 Å². The molecule has 0 bridgehead atoms. The van der Waals surface area contributed by atoms with Crippen molar-refractivity contribution in [1.29, 1.82) is 0 Å². The molecule has 0 spiro atoms. The van der Waals surface area contributed by atoms with Crippen LogP contribution >= 0.6 is 12.6 Å². The Morgan fingerprint density at radius 1 is 1.47 bits per heavy atom. The number of pyridine rings is 1. The van der Waals surface area contributed by atoms with E-state index in [4.69, 9.17) is 0 Å². The third-order valence-electron chi connectivity index (χ3n) is 2.76. The van der Waals surface area contributed by atoms with Gasteiger partial charge in [0.05, 0.1) is 11.2 Å². The molecule has 0 radical (unpaired) electrons. The first-order valence-corrected chi connectivity index (χ1v) is 5.86. The van der Waals surface area contributed by atoms with E-state index in [1.165, 1.54) is 0 Å². The number of hydrogen-bond acceptors (Lipinski definition) is 3. The van der Waals surface area contributed by atoms with Crippen LogP contribution < -0.4 is 0 Å². The molecule has 0 N–H and O–H groups in total. The minimum absolute atomic E-state index is 0.841. The fourth-order valence-electron chi connectivity index (χ4n) is 1.92. The smallest absolute Gasteiger partial charge is 0.0971 e. The second kappa shape index (κ2) is 4.72. The van der Waals surface area contributed by atoms with Crippen molar-refractivity contribution in [2.24, 2.45) is 4.99 Å². The number of aryl methyl sites for hydroxylation is 1. The third-order valence-corrected chi connectivity index (χ3v) is 3.34. The van der Waals surface area contributed by atoms with Gasteiger partial charge in [-0.2, -0.15) is 0 Å². The molecule has 1 aromatic heterocycles. The van der Waals surface area contributed by atoms with E-state index in [0.717, 1.165) is 32.6 Å². The van der Waals surface area contributed by atoms with Gasteiger partial charge in [0.2, 0.25) is 0 Å². The van der Waals surface area contributed by atoms with Crippen LogP contribution in [0.25, 0.3) is 17.0 Å². The highest BCUT2D eigenvalue weighted by atomic mass is 32.1. The van der Waals surface area contributed by atoms with Gasteiger partial charge in [-0.3, -0.25) is 9.98 Å².